The summed E-state index contributed by atoms with van der Waals surface area (Å²) in [6.07, 6.45) is 9.25. The van der Waals surface area contributed by atoms with E-state index < -0.39 is 0 Å². The molecule has 72 valence electrons. The summed E-state index contributed by atoms with van der Waals surface area (Å²) in [5.41, 5.74) is 0. The van der Waals surface area contributed by atoms with E-state index in [0.29, 0.717) is 11.8 Å². The summed E-state index contributed by atoms with van der Waals surface area (Å²) in [5, 5.41) is 3.29. The average molecular weight is 188 g/mol. The highest BCUT2D eigenvalue weighted by atomic mass is 16.5. The molecule has 2 rings (SSSR count). The number of hydrogen-bond acceptors (Lipinski definition) is 3. The van der Waals surface area contributed by atoms with Crippen molar-refractivity contribution in [3.63, 3.8) is 0 Å². The standard InChI is InChI=1S/C11H12N2O/c1-2-7-14-10-5-6-11(12-8-10)13-9-3-4-9/h1,5-6,8-9H,3-4,7H2,(H,12,13). The second-order valence-electron chi connectivity index (χ2n) is 3.29. The zero-order chi connectivity index (χ0) is 9.80. The Morgan fingerprint density at radius 1 is 1.57 bits per heavy atom. The first-order valence-corrected chi connectivity index (χ1v) is 4.67. The van der Waals surface area contributed by atoms with Crippen LogP contribution in [-0.2, 0) is 0 Å². The van der Waals surface area contributed by atoms with Crippen molar-refractivity contribution in [1.82, 2.24) is 4.98 Å². The van der Waals surface area contributed by atoms with E-state index >= 15 is 0 Å². The van der Waals surface area contributed by atoms with Gasteiger partial charge < -0.3 is 10.1 Å². The number of ether oxygens (including phenoxy) is 1. The predicted molar refractivity (Wildman–Crippen MR) is 55.2 cm³/mol. The fourth-order valence-electron chi connectivity index (χ4n) is 1.11. The molecule has 3 nitrogen and oxygen atoms in total. The number of terminal acetylenes is 1. The Bertz CT molecular complexity index is 335. The van der Waals surface area contributed by atoms with Crippen LogP contribution in [0.1, 0.15) is 12.8 Å². The van der Waals surface area contributed by atoms with Crippen molar-refractivity contribution in [2.75, 3.05) is 11.9 Å². The van der Waals surface area contributed by atoms with Gasteiger partial charge in [-0.3, -0.25) is 0 Å². The van der Waals surface area contributed by atoms with Gasteiger partial charge in [-0.1, -0.05) is 5.92 Å². The van der Waals surface area contributed by atoms with Crippen LogP contribution in [0.25, 0.3) is 0 Å². The lowest BCUT2D eigenvalue weighted by Crippen LogP contribution is -2.02. The van der Waals surface area contributed by atoms with Crippen LogP contribution >= 0.6 is 0 Å². The van der Waals surface area contributed by atoms with E-state index in [9.17, 15) is 0 Å². The topological polar surface area (TPSA) is 34.1 Å². The fourth-order valence-corrected chi connectivity index (χ4v) is 1.11. The van der Waals surface area contributed by atoms with E-state index in [4.69, 9.17) is 11.2 Å². The van der Waals surface area contributed by atoms with Gasteiger partial charge in [-0.2, -0.15) is 0 Å². The summed E-state index contributed by atoms with van der Waals surface area (Å²) >= 11 is 0. The maximum atomic E-state index is 5.20. The molecule has 14 heavy (non-hydrogen) atoms. The summed E-state index contributed by atoms with van der Waals surface area (Å²) < 4.78 is 5.20. The summed E-state index contributed by atoms with van der Waals surface area (Å²) in [5.74, 6) is 4.02. The second kappa shape index (κ2) is 4.01. The molecule has 1 N–H and O–H groups in total. The van der Waals surface area contributed by atoms with Crippen LogP contribution in [0.4, 0.5) is 5.82 Å². The number of hydrogen-bond donors (Lipinski definition) is 1. The molecule has 0 amide bonds. The van der Waals surface area contributed by atoms with Gasteiger partial charge in [0.2, 0.25) is 0 Å². The van der Waals surface area contributed by atoms with E-state index in [1.807, 2.05) is 12.1 Å². The van der Waals surface area contributed by atoms with Crippen LogP contribution in [0.15, 0.2) is 18.3 Å². The SMILES string of the molecule is C#CCOc1ccc(NC2CC2)nc1. The second-order valence-corrected chi connectivity index (χ2v) is 3.29. The third kappa shape index (κ3) is 2.40. The van der Waals surface area contributed by atoms with Crippen LogP contribution in [0.2, 0.25) is 0 Å². The highest BCUT2D eigenvalue weighted by Gasteiger charge is 2.20. The molecule has 1 heterocycles. The lowest BCUT2D eigenvalue weighted by Gasteiger charge is -2.04. The molecule has 0 radical (unpaired) electrons. The molecule has 3 heteroatoms. The van der Waals surface area contributed by atoms with Gasteiger partial charge in [0.1, 0.15) is 18.2 Å². The van der Waals surface area contributed by atoms with Crippen LogP contribution in [0, 0.1) is 12.3 Å². The molecule has 1 fully saturated rings. The Kier molecular flexibility index (Phi) is 2.55. The minimum absolute atomic E-state index is 0.289. The summed E-state index contributed by atoms with van der Waals surface area (Å²) in [7, 11) is 0. The predicted octanol–water partition coefficient (Wildman–Crippen LogP) is 1.67. The number of nitrogens with one attached hydrogen (secondary N) is 1. The first-order valence-electron chi connectivity index (χ1n) is 4.67. The molecule has 0 unspecified atom stereocenters. The van der Waals surface area contributed by atoms with Gasteiger partial charge in [-0.25, -0.2) is 4.98 Å². The third-order valence-corrected chi connectivity index (χ3v) is 1.99. The molecule has 0 atom stereocenters. The number of nitrogens with zero attached hydrogens (tertiary/aromatic N) is 1. The van der Waals surface area contributed by atoms with Gasteiger partial charge in [0.25, 0.3) is 0 Å². The van der Waals surface area contributed by atoms with Gasteiger partial charge in [-0.05, 0) is 25.0 Å². The third-order valence-electron chi connectivity index (χ3n) is 1.99. The van der Waals surface area contributed by atoms with E-state index in [0.717, 1.165) is 5.82 Å². The summed E-state index contributed by atoms with van der Waals surface area (Å²) in [4.78, 5) is 4.21. The zero-order valence-corrected chi connectivity index (χ0v) is 7.86. The Labute approximate surface area is 83.5 Å². The molecular weight excluding hydrogens is 176 g/mol. The van der Waals surface area contributed by atoms with Gasteiger partial charge in [-0.15, -0.1) is 6.42 Å². The van der Waals surface area contributed by atoms with Crippen molar-refractivity contribution in [3.8, 4) is 18.1 Å². The molecule has 1 saturated carbocycles. The van der Waals surface area contributed by atoms with Crippen molar-refractivity contribution in [3.05, 3.63) is 18.3 Å². The van der Waals surface area contributed by atoms with Crippen molar-refractivity contribution in [2.24, 2.45) is 0 Å². The van der Waals surface area contributed by atoms with Crippen molar-refractivity contribution in [2.45, 2.75) is 18.9 Å². The Morgan fingerprint density at radius 3 is 3.00 bits per heavy atom. The van der Waals surface area contributed by atoms with E-state index in [-0.39, 0.29) is 6.61 Å². The van der Waals surface area contributed by atoms with Crippen molar-refractivity contribution in [1.29, 1.82) is 0 Å². The Morgan fingerprint density at radius 2 is 2.43 bits per heavy atom. The maximum Gasteiger partial charge on any atom is 0.148 e. The quantitative estimate of drug-likeness (QED) is 0.730. The normalized spacial score (nSPS) is 14.5. The molecule has 1 aliphatic rings. The van der Waals surface area contributed by atoms with E-state index in [1.54, 1.807) is 6.20 Å². The first kappa shape index (κ1) is 8.89. The van der Waals surface area contributed by atoms with E-state index in [1.165, 1.54) is 12.8 Å². The zero-order valence-electron chi connectivity index (χ0n) is 7.86. The Hall–Kier alpha value is -1.69. The minimum atomic E-state index is 0.289. The lowest BCUT2D eigenvalue weighted by atomic mass is 10.4. The summed E-state index contributed by atoms with van der Waals surface area (Å²) in [6, 6.07) is 4.40. The Balaban J connectivity index is 1.91. The number of rotatable bonds is 4. The molecule has 1 aromatic rings. The molecular formula is C11H12N2O. The number of anilines is 1. The molecule has 0 saturated heterocycles. The number of pyridine rings is 1. The van der Waals surface area contributed by atoms with Crippen LogP contribution < -0.4 is 10.1 Å². The van der Waals surface area contributed by atoms with Crippen LogP contribution in [0.3, 0.4) is 0 Å². The van der Waals surface area contributed by atoms with Crippen LogP contribution in [-0.4, -0.2) is 17.6 Å². The minimum Gasteiger partial charge on any atom is -0.479 e. The number of aromatic nitrogens is 1. The largest absolute Gasteiger partial charge is 0.479 e. The molecule has 1 aliphatic carbocycles. The average Bonchev–Trinajstić information content (AvgIpc) is 3.01. The highest BCUT2D eigenvalue weighted by molar-refractivity contribution is 5.39. The van der Waals surface area contributed by atoms with Gasteiger partial charge in [0.05, 0.1) is 6.20 Å². The van der Waals surface area contributed by atoms with Crippen LogP contribution in [0.5, 0.6) is 5.75 Å². The van der Waals surface area contributed by atoms with Gasteiger partial charge in [0.15, 0.2) is 0 Å². The molecule has 0 bridgehead atoms. The van der Waals surface area contributed by atoms with Gasteiger partial charge in [0, 0.05) is 6.04 Å². The monoisotopic (exact) mass is 188 g/mol. The maximum absolute atomic E-state index is 5.20. The highest BCUT2D eigenvalue weighted by Crippen LogP contribution is 2.24. The lowest BCUT2D eigenvalue weighted by molar-refractivity contribution is 0.369. The van der Waals surface area contributed by atoms with Crippen molar-refractivity contribution >= 4 is 5.82 Å². The van der Waals surface area contributed by atoms with Crippen molar-refractivity contribution < 1.29 is 4.74 Å². The van der Waals surface area contributed by atoms with Gasteiger partial charge >= 0.3 is 0 Å². The molecule has 0 aromatic carbocycles. The smallest absolute Gasteiger partial charge is 0.148 e. The first-order chi connectivity index (χ1) is 6.88. The molecule has 1 aromatic heterocycles. The van der Waals surface area contributed by atoms with E-state index in [2.05, 4.69) is 16.2 Å². The molecule has 0 aliphatic heterocycles. The summed E-state index contributed by atoms with van der Waals surface area (Å²) in [6.45, 7) is 0.289. The molecule has 0 spiro atoms. The fraction of sp³-hybridized carbons (Fsp3) is 0.364.